The number of rotatable bonds is 8. The van der Waals surface area contributed by atoms with Crippen LogP contribution < -0.4 is 5.32 Å². The fourth-order valence-corrected chi connectivity index (χ4v) is 5.01. The molecule has 1 N–H and O–H groups in total. The van der Waals surface area contributed by atoms with Crippen LogP contribution in [0.25, 0.3) is 21.8 Å². The molecule has 0 unspecified atom stereocenters. The van der Waals surface area contributed by atoms with Crippen molar-refractivity contribution < 1.29 is 14.3 Å². The second kappa shape index (κ2) is 10.9. The molecule has 1 saturated heterocycles. The monoisotopic (exact) mass is 484 g/mol. The third-order valence-electron chi connectivity index (χ3n) is 6.94. The second-order valence-electron chi connectivity index (χ2n) is 9.21. The predicted molar refractivity (Wildman–Crippen MR) is 142 cm³/mol. The van der Waals surface area contributed by atoms with E-state index in [1.165, 1.54) is 0 Å². The molecule has 1 fully saturated rings. The number of fused-ring (bicyclic) bond motifs is 2. The Morgan fingerprint density at radius 2 is 1.75 bits per heavy atom. The quantitative estimate of drug-likeness (QED) is 0.353. The van der Waals surface area contributed by atoms with Gasteiger partial charge < -0.3 is 14.2 Å². The van der Waals surface area contributed by atoms with Crippen LogP contribution in [0.1, 0.15) is 36.5 Å². The highest BCUT2D eigenvalue weighted by Gasteiger charge is 2.29. The maximum Gasteiger partial charge on any atom is 0.254 e. The normalized spacial score (nSPS) is 14.4. The Balaban J connectivity index is 1.24. The van der Waals surface area contributed by atoms with E-state index < -0.39 is 0 Å². The summed E-state index contributed by atoms with van der Waals surface area (Å²) < 4.78 is 7.55. The van der Waals surface area contributed by atoms with Crippen molar-refractivity contribution in [3.63, 3.8) is 0 Å². The summed E-state index contributed by atoms with van der Waals surface area (Å²) in [6.07, 6.45) is 2.10. The summed E-state index contributed by atoms with van der Waals surface area (Å²) in [5.74, 6) is 0.417. The lowest BCUT2D eigenvalue weighted by molar-refractivity contribution is -0.121. The highest BCUT2D eigenvalue weighted by Crippen LogP contribution is 2.26. The fraction of sp³-hybridized carbons (Fsp3) is 0.345. The summed E-state index contributed by atoms with van der Waals surface area (Å²) >= 11 is 0. The van der Waals surface area contributed by atoms with Gasteiger partial charge in [0, 0.05) is 44.3 Å². The van der Waals surface area contributed by atoms with Crippen LogP contribution in [0.15, 0.2) is 66.7 Å². The van der Waals surface area contributed by atoms with Gasteiger partial charge in [0.2, 0.25) is 11.9 Å². The fourth-order valence-electron chi connectivity index (χ4n) is 5.01. The zero-order chi connectivity index (χ0) is 24.9. The standard InChI is InChI=1S/C29H32N4O3/c1-2-36-20-8-17-33-26-14-6-5-13-25(26)30-29(33)31-27(34)22-15-18-32(19-16-22)28(35)24-12-7-10-21-9-3-4-11-23(21)24/h3-7,9-14,22H,2,8,15-20H2,1H3,(H,30,31,34). The number of aryl methyl sites for hydroxylation is 1. The molecule has 1 aliphatic rings. The third kappa shape index (κ3) is 4.97. The Morgan fingerprint density at radius 1 is 1.00 bits per heavy atom. The Hall–Kier alpha value is -3.71. The Morgan fingerprint density at radius 3 is 2.58 bits per heavy atom. The smallest absolute Gasteiger partial charge is 0.254 e. The molecule has 2 heterocycles. The van der Waals surface area contributed by atoms with Crippen LogP contribution in [-0.4, -0.2) is 52.6 Å². The van der Waals surface area contributed by atoms with Crippen molar-refractivity contribution in [2.24, 2.45) is 5.92 Å². The van der Waals surface area contributed by atoms with E-state index in [4.69, 9.17) is 4.74 Å². The summed E-state index contributed by atoms with van der Waals surface area (Å²) in [4.78, 5) is 33.0. The number of hydrogen-bond donors (Lipinski definition) is 1. The highest BCUT2D eigenvalue weighted by molar-refractivity contribution is 6.07. The van der Waals surface area contributed by atoms with Gasteiger partial charge in [0.1, 0.15) is 0 Å². The molecule has 7 nitrogen and oxygen atoms in total. The Labute approximate surface area is 211 Å². The first-order valence-corrected chi connectivity index (χ1v) is 12.8. The highest BCUT2D eigenvalue weighted by atomic mass is 16.5. The number of nitrogens with zero attached hydrogens (tertiary/aromatic N) is 3. The van der Waals surface area contributed by atoms with E-state index in [1.807, 2.05) is 78.6 Å². The maximum atomic E-state index is 13.3. The molecule has 1 aliphatic heterocycles. The molecule has 2 amide bonds. The molecule has 1 aromatic heterocycles. The van der Waals surface area contributed by atoms with Crippen molar-refractivity contribution in [1.82, 2.24) is 14.5 Å². The largest absolute Gasteiger partial charge is 0.382 e. The van der Waals surface area contributed by atoms with Crippen molar-refractivity contribution in [3.8, 4) is 0 Å². The lowest BCUT2D eigenvalue weighted by Gasteiger charge is -2.31. The minimum absolute atomic E-state index is 0.0294. The summed E-state index contributed by atoms with van der Waals surface area (Å²) in [5, 5.41) is 5.10. The molecule has 3 aromatic carbocycles. The lowest BCUT2D eigenvalue weighted by Crippen LogP contribution is -2.41. The Kier molecular flexibility index (Phi) is 7.28. The van der Waals surface area contributed by atoms with Crippen molar-refractivity contribution in [3.05, 3.63) is 72.3 Å². The van der Waals surface area contributed by atoms with Crippen LogP contribution in [0.5, 0.6) is 0 Å². The van der Waals surface area contributed by atoms with Gasteiger partial charge in [-0.25, -0.2) is 4.98 Å². The van der Waals surface area contributed by atoms with Gasteiger partial charge in [0.15, 0.2) is 0 Å². The topological polar surface area (TPSA) is 76.5 Å². The number of carbonyl (C=O) groups is 2. The minimum atomic E-state index is -0.154. The number of imidazole rings is 1. The number of ether oxygens (including phenoxy) is 1. The van der Waals surface area contributed by atoms with Crippen LogP contribution in [0.2, 0.25) is 0 Å². The molecular weight excluding hydrogens is 452 g/mol. The van der Waals surface area contributed by atoms with Crippen molar-refractivity contribution in [1.29, 1.82) is 0 Å². The molecule has 4 aromatic rings. The van der Waals surface area contributed by atoms with Gasteiger partial charge in [-0.15, -0.1) is 0 Å². The summed E-state index contributed by atoms with van der Waals surface area (Å²) in [6.45, 7) is 5.18. The zero-order valence-electron chi connectivity index (χ0n) is 20.7. The lowest BCUT2D eigenvalue weighted by atomic mass is 9.95. The van der Waals surface area contributed by atoms with Crippen LogP contribution >= 0.6 is 0 Å². The van der Waals surface area contributed by atoms with Gasteiger partial charge in [0.25, 0.3) is 5.91 Å². The van der Waals surface area contributed by atoms with Gasteiger partial charge in [-0.05, 0) is 55.2 Å². The molecule has 186 valence electrons. The van der Waals surface area contributed by atoms with Crippen molar-refractivity contribution in [2.45, 2.75) is 32.7 Å². The van der Waals surface area contributed by atoms with E-state index in [1.54, 1.807) is 0 Å². The molecular formula is C29H32N4O3. The molecule has 5 rings (SSSR count). The van der Waals surface area contributed by atoms with E-state index >= 15 is 0 Å². The number of amides is 2. The van der Waals surface area contributed by atoms with Crippen LogP contribution in [-0.2, 0) is 16.1 Å². The van der Waals surface area contributed by atoms with Crippen molar-refractivity contribution in [2.75, 3.05) is 31.6 Å². The molecule has 0 spiro atoms. The molecule has 0 radical (unpaired) electrons. The second-order valence-corrected chi connectivity index (χ2v) is 9.21. The molecule has 0 atom stereocenters. The molecule has 7 heteroatoms. The molecule has 36 heavy (non-hydrogen) atoms. The van der Waals surface area contributed by atoms with Gasteiger partial charge in [-0.3, -0.25) is 14.9 Å². The molecule has 0 aliphatic carbocycles. The third-order valence-corrected chi connectivity index (χ3v) is 6.94. The summed E-state index contributed by atoms with van der Waals surface area (Å²) in [6, 6.07) is 21.7. The summed E-state index contributed by atoms with van der Waals surface area (Å²) in [5.41, 5.74) is 2.58. The molecule has 0 bridgehead atoms. The van der Waals surface area contributed by atoms with Gasteiger partial charge in [-0.1, -0.05) is 48.5 Å². The van der Waals surface area contributed by atoms with Gasteiger partial charge in [0.05, 0.1) is 11.0 Å². The molecule has 0 saturated carbocycles. The van der Waals surface area contributed by atoms with Gasteiger partial charge >= 0.3 is 0 Å². The number of para-hydroxylation sites is 2. The summed E-state index contributed by atoms with van der Waals surface area (Å²) in [7, 11) is 0. The number of piperidine rings is 1. The van der Waals surface area contributed by atoms with E-state index in [9.17, 15) is 9.59 Å². The van der Waals surface area contributed by atoms with E-state index in [0.29, 0.717) is 51.6 Å². The van der Waals surface area contributed by atoms with Crippen LogP contribution in [0.4, 0.5) is 5.95 Å². The van der Waals surface area contributed by atoms with E-state index in [2.05, 4.69) is 14.9 Å². The average Bonchev–Trinajstić information content (AvgIpc) is 3.27. The number of carbonyl (C=O) groups excluding carboxylic acids is 2. The van der Waals surface area contributed by atoms with Crippen LogP contribution in [0.3, 0.4) is 0 Å². The number of anilines is 1. The number of likely N-dealkylation sites (tertiary alicyclic amines) is 1. The van der Waals surface area contributed by atoms with Crippen molar-refractivity contribution >= 4 is 39.6 Å². The zero-order valence-corrected chi connectivity index (χ0v) is 20.7. The number of hydrogen-bond acceptors (Lipinski definition) is 4. The minimum Gasteiger partial charge on any atom is -0.382 e. The van der Waals surface area contributed by atoms with Gasteiger partial charge in [-0.2, -0.15) is 0 Å². The van der Waals surface area contributed by atoms with E-state index in [0.717, 1.165) is 33.8 Å². The first kappa shape index (κ1) is 24.0. The number of benzene rings is 3. The maximum absolute atomic E-state index is 13.3. The average molecular weight is 485 g/mol. The Bertz CT molecular complexity index is 1370. The number of aromatic nitrogens is 2. The predicted octanol–water partition coefficient (Wildman–Crippen LogP) is 5.11. The first-order valence-electron chi connectivity index (χ1n) is 12.8. The SMILES string of the molecule is CCOCCCn1c(NC(=O)C2CCN(C(=O)c3cccc4ccccc34)CC2)nc2ccccc21. The number of nitrogens with one attached hydrogen (secondary N) is 1. The first-order chi connectivity index (χ1) is 17.7. The van der Waals surface area contributed by atoms with Crippen LogP contribution in [0, 0.1) is 5.92 Å². The van der Waals surface area contributed by atoms with E-state index in [-0.39, 0.29) is 17.7 Å².